The molecule has 0 saturated carbocycles. The molecule has 2 aromatic rings. The van der Waals surface area contributed by atoms with Crippen molar-refractivity contribution < 1.29 is 9.59 Å². The minimum Gasteiger partial charge on any atom is -0.354 e. The summed E-state index contributed by atoms with van der Waals surface area (Å²) in [5.74, 6) is 0.0533. The van der Waals surface area contributed by atoms with E-state index in [4.69, 9.17) is 11.6 Å². The lowest BCUT2D eigenvalue weighted by Crippen LogP contribution is -2.45. The number of benzene rings is 2. The van der Waals surface area contributed by atoms with Crippen molar-refractivity contribution in [2.24, 2.45) is 11.8 Å². The highest BCUT2D eigenvalue weighted by molar-refractivity contribution is 6.30. The van der Waals surface area contributed by atoms with Crippen molar-refractivity contribution in [2.45, 2.75) is 46.7 Å². The molecule has 0 spiro atoms. The van der Waals surface area contributed by atoms with Gasteiger partial charge < -0.3 is 10.2 Å². The van der Waals surface area contributed by atoms with Crippen LogP contribution in [0.4, 0.5) is 0 Å². The lowest BCUT2D eigenvalue weighted by Gasteiger charge is -2.33. The summed E-state index contributed by atoms with van der Waals surface area (Å²) in [7, 11) is 0. The smallest absolute Gasteiger partial charge is 0.247 e. The largest absolute Gasteiger partial charge is 0.354 e. The average Bonchev–Trinajstić information content (AvgIpc) is 2.69. The molecule has 0 aliphatic rings. The van der Waals surface area contributed by atoms with Gasteiger partial charge in [0.15, 0.2) is 0 Å². The Labute approximate surface area is 179 Å². The fourth-order valence-electron chi connectivity index (χ4n) is 3.10. The highest BCUT2D eigenvalue weighted by Crippen LogP contribution is 2.26. The summed E-state index contributed by atoms with van der Waals surface area (Å²) in [5, 5.41) is 3.67. The van der Waals surface area contributed by atoms with Crippen LogP contribution >= 0.6 is 11.6 Å². The van der Waals surface area contributed by atoms with Crippen LogP contribution in [0.15, 0.2) is 54.6 Å². The van der Waals surface area contributed by atoms with Crippen molar-refractivity contribution in [2.75, 3.05) is 6.54 Å². The summed E-state index contributed by atoms with van der Waals surface area (Å²) in [6, 6.07) is 16.2. The minimum absolute atomic E-state index is 0.0622. The maximum Gasteiger partial charge on any atom is 0.247 e. The van der Waals surface area contributed by atoms with Gasteiger partial charge in [-0.05, 0) is 35.6 Å². The maximum absolute atomic E-state index is 13.2. The molecule has 0 saturated heterocycles. The van der Waals surface area contributed by atoms with Crippen LogP contribution in [0.5, 0.6) is 0 Å². The van der Waals surface area contributed by atoms with Gasteiger partial charge in [0, 0.05) is 24.0 Å². The Morgan fingerprint density at radius 1 is 0.966 bits per heavy atom. The van der Waals surface area contributed by atoms with Crippen LogP contribution in [0, 0.1) is 11.8 Å². The van der Waals surface area contributed by atoms with E-state index in [2.05, 4.69) is 19.2 Å². The fourth-order valence-corrected chi connectivity index (χ4v) is 3.23. The van der Waals surface area contributed by atoms with E-state index in [0.29, 0.717) is 24.0 Å². The zero-order chi connectivity index (χ0) is 21.4. The first kappa shape index (κ1) is 23.0. The van der Waals surface area contributed by atoms with E-state index in [-0.39, 0.29) is 17.7 Å². The SMILES string of the molecule is CC(C)CCNC(=O)[C@@H](c1ccccc1)N(Cc1ccc(Cl)cc1)C(=O)C(C)C. The second-order valence-electron chi connectivity index (χ2n) is 8.03. The van der Waals surface area contributed by atoms with Crippen LogP contribution in [0.3, 0.4) is 0 Å². The molecule has 2 aromatic carbocycles. The molecule has 4 nitrogen and oxygen atoms in total. The Balaban J connectivity index is 2.38. The van der Waals surface area contributed by atoms with Crippen molar-refractivity contribution in [3.63, 3.8) is 0 Å². The van der Waals surface area contributed by atoms with E-state index in [0.717, 1.165) is 17.5 Å². The first-order valence-corrected chi connectivity index (χ1v) is 10.5. The molecule has 0 radical (unpaired) electrons. The minimum atomic E-state index is -0.686. The standard InChI is InChI=1S/C24H31ClN2O2/c1-17(2)14-15-26-23(28)22(20-8-6-5-7-9-20)27(24(29)18(3)4)16-19-10-12-21(25)13-11-19/h5-13,17-18,22H,14-16H2,1-4H3,(H,26,28)/t22-/m1/s1. The topological polar surface area (TPSA) is 49.4 Å². The third-order valence-corrected chi connectivity index (χ3v) is 4.99. The second-order valence-corrected chi connectivity index (χ2v) is 8.47. The van der Waals surface area contributed by atoms with Crippen molar-refractivity contribution in [1.29, 1.82) is 0 Å². The van der Waals surface area contributed by atoms with Gasteiger partial charge in [0.2, 0.25) is 11.8 Å². The number of hydrogen-bond donors (Lipinski definition) is 1. The van der Waals surface area contributed by atoms with E-state index in [1.54, 1.807) is 17.0 Å². The van der Waals surface area contributed by atoms with Crippen LogP contribution in [0.25, 0.3) is 0 Å². The second kappa shape index (κ2) is 11.0. The Morgan fingerprint density at radius 2 is 1.59 bits per heavy atom. The van der Waals surface area contributed by atoms with Gasteiger partial charge in [-0.1, -0.05) is 81.8 Å². The quantitative estimate of drug-likeness (QED) is 0.610. The molecule has 1 atom stereocenters. The molecule has 5 heteroatoms. The number of carbonyl (C=O) groups excluding carboxylic acids is 2. The molecule has 1 N–H and O–H groups in total. The van der Waals surface area contributed by atoms with Crippen LogP contribution in [0.2, 0.25) is 5.02 Å². The molecule has 2 rings (SSSR count). The molecule has 0 bridgehead atoms. The summed E-state index contributed by atoms with van der Waals surface area (Å²) in [5.41, 5.74) is 1.73. The highest BCUT2D eigenvalue weighted by atomic mass is 35.5. The van der Waals surface area contributed by atoms with E-state index >= 15 is 0 Å². The zero-order valence-corrected chi connectivity index (χ0v) is 18.4. The Morgan fingerprint density at radius 3 is 2.14 bits per heavy atom. The molecule has 0 aliphatic carbocycles. The summed E-state index contributed by atoms with van der Waals surface area (Å²) in [4.78, 5) is 28.0. The van der Waals surface area contributed by atoms with Crippen LogP contribution in [0.1, 0.15) is 51.3 Å². The molecule has 2 amide bonds. The number of halogens is 1. The van der Waals surface area contributed by atoms with Gasteiger partial charge in [-0.2, -0.15) is 0 Å². The van der Waals surface area contributed by atoms with Gasteiger partial charge in [0.05, 0.1) is 0 Å². The third-order valence-electron chi connectivity index (χ3n) is 4.74. The molecule has 156 valence electrons. The summed E-state index contributed by atoms with van der Waals surface area (Å²) < 4.78 is 0. The van der Waals surface area contributed by atoms with Gasteiger partial charge in [0.25, 0.3) is 0 Å². The first-order chi connectivity index (χ1) is 13.8. The molecular formula is C24H31ClN2O2. The maximum atomic E-state index is 13.2. The first-order valence-electron chi connectivity index (χ1n) is 10.2. The Bertz CT molecular complexity index is 788. The molecule has 0 aromatic heterocycles. The Hall–Kier alpha value is -2.33. The van der Waals surface area contributed by atoms with Crippen LogP contribution in [-0.2, 0) is 16.1 Å². The van der Waals surface area contributed by atoms with Crippen LogP contribution in [-0.4, -0.2) is 23.3 Å². The van der Waals surface area contributed by atoms with Crippen LogP contribution < -0.4 is 5.32 Å². The van der Waals surface area contributed by atoms with E-state index in [1.807, 2.05) is 56.3 Å². The number of nitrogens with zero attached hydrogens (tertiary/aromatic N) is 1. The van der Waals surface area contributed by atoms with Gasteiger partial charge in [-0.15, -0.1) is 0 Å². The summed E-state index contributed by atoms with van der Waals surface area (Å²) in [6.07, 6.45) is 0.891. The molecule has 0 unspecified atom stereocenters. The van der Waals surface area contributed by atoms with Crippen molar-refractivity contribution in [3.8, 4) is 0 Å². The van der Waals surface area contributed by atoms with E-state index in [1.165, 1.54) is 0 Å². The molecule has 0 heterocycles. The van der Waals surface area contributed by atoms with E-state index in [9.17, 15) is 9.59 Å². The predicted molar refractivity (Wildman–Crippen MR) is 118 cm³/mol. The van der Waals surface area contributed by atoms with Gasteiger partial charge in [-0.25, -0.2) is 0 Å². The van der Waals surface area contributed by atoms with Crippen molar-refractivity contribution in [1.82, 2.24) is 10.2 Å². The number of nitrogens with one attached hydrogen (secondary N) is 1. The number of hydrogen-bond acceptors (Lipinski definition) is 2. The monoisotopic (exact) mass is 414 g/mol. The predicted octanol–water partition coefficient (Wildman–Crippen LogP) is 5.23. The average molecular weight is 415 g/mol. The van der Waals surface area contributed by atoms with Gasteiger partial charge in [-0.3, -0.25) is 9.59 Å². The zero-order valence-electron chi connectivity index (χ0n) is 17.7. The molecule has 29 heavy (non-hydrogen) atoms. The number of rotatable bonds is 9. The van der Waals surface area contributed by atoms with E-state index < -0.39 is 6.04 Å². The summed E-state index contributed by atoms with van der Waals surface area (Å²) in [6.45, 7) is 8.88. The molecule has 0 aliphatic heterocycles. The van der Waals surface area contributed by atoms with Crippen molar-refractivity contribution in [3.05, 3.63) is 70.7 Å². The van der Waals surface area contributed by atoms with Crippen molar-refractivity contribution >= 4 is 23.4 Å². The Kier molecular flexibility index (Phi) is 8.71. The number of carbonyl (C=O) groups is 2. The molecular weight excluding hydrogens is 384 g/mol. The third kappa shape index (κ3) is 6.90. The molecule has 0 fully saturated rings. The highest BCUT2D eigenvalue weighted by Gasteiger charge is 2.32. The lowest BCUT2D eigenvalue weighted by molar-refractivity contribution is -0.144. The number of amides is 2. The summed E-state index contributed by atoms with van der Waals surface area (Å²) >= 11 is 6.01. The lowest BCUT2D eigenvalue weighted by atomic mass is 10.0. The van der Waals surface area contributed by atoms with Gasteiger partial charge >= 0.3 is 0 Å². The fraction of sp³-hybridized carbons (Fsp3) is 0.417. The normalized spacial score (nSPS) is 12.1. The van der Waals surface area contributed by atoms with Gasteiger partial charge in [0.1, 0.15) is 6.04 Å².